The van der Waals surface area contributed by atoms with E-state index < -0.39 is 0 Å². The molecule has 5 nitrogen and oxygen atoms in total. The van der Waals surface area contributed by atoms with E-state index in [1.807, 2.05) is 28.9 Å². The van der Waals surface area contributed by atoms with Crippen molar-refractivity contribution < 1.29 is 0 Å². The Morgan fingerprint density at radius 3 is 2.73 bits per heavy atom. The zero-order valence-corrected chi connectivity index (χ0v) is 13.0. The van der Waals surface area contributed by atoms with Crippen molar-refractivity contribution in [2.45, 2.75) is 6.42 Å². The fourth-order valence-corrected chi connectivity index (χ4v) is 2.37. The van der Waals surface area contributed by atoms with Crippen LogP contribution in [0.25, 0.3) is 16.8 Å². The van der Waals surface area contributed by atoms with Crippen LogP contribution in [0, 0.1) is 0 Å². The Morgan fingerprint density at radius 2 is 1.95 bits per heavy atom. The van der Waals surface area contributed by atoms with E-state index >= 15 is 0 Å². The summed E-state index contributed by atoms with van der Waals surface area (Å²) in [6, 6.07) is 8.22. The van der Waals surface area contributed by atoms with Crippen molar-refractivity contribution in [2.75, 3.05) is 32.5 Å². The molecule has 0 aromatic carbocycles. The highest BCUT2D eigenvalue weighted by Gasteiger charge is 2.01. The van der Waals surface area contributed by atoms with E-state index in [1.54, 1.807) is 6.20 Å². The summed E-state index contributed by atoms with van der Waals surface area (Å²) in [5.41, 5.74) is 3.20. The number of imidazole rings is 1. The molecule has 0 atom stereocenters. The minimum atomic E-state index is 0.922. The lowest BCUT2D eigenvalue weighted by Gasteiger charge is -2.10. The van der Waals surface area contributed by atoms with Gasteiger partial charge in [0, 0.05) is 36.9 Å². The van der Waals surface area contributed by atoms with Gasteiger partial charge in [-0.2, -0.15) is 0 Å². The maximum atomic E-state index is 4.49. The highest BCUT2D eigenvalue weighted by molar-refractivity contribution is 5.64. The molecule has 0 bridgehead atoms. The minimum absolute atomic E-state index is 0.922. The average Bonchev–Trinajstić information content (AvgIpc) is 2.99. The molecule has 5 heteroatoms. The fraction of sp³-hybridized carbons (Fsp3) is 0.294. The normalized spacial score (nSPS) is 11.2. The average molecular weight is 295 g/mol. The van der Waals surface area contributed by atoms with Gasteiger partial charge in [-0.1, -0.05) is 0 Å². The first-order valence-electron chi connectivity index (χ1n) is 7.50. The molecule has 3 rings (SSSR count). The van der Waals surface area contributed by atoms with Gasteiger partial charge in [-0.05, 0) is 56.9 Å². The van der Waals surface area contributed by atoms with E-state index in [0.29, 0.717) is 0 Å². The first-order valence-corrected chi connectivity index (χ1v) is 7.50. The molecule has 0 aliphatic carbocycles. The molecule has 0 unspecified atom stereocenters. The summed E-state index contributed by atoms with van der Waals surface area (Å²) >= 11 is 0. The predicted molar refractivity (Wildman–Crippen MR) is 90.1 cm³/mol. The summed E-state index contributed by atoms with van der Waals surface area (Å²) in [4.78, 5) is 10.9. The van der Waals surface area contributed by atoms with Crippen molar-refractivity contribution in [1.82, 2.24) is 19.3 Å². The molecule has 3 aromatic rings. The standard InChI is InChI=1S/C17H21N5/c1-21(2)10-3-8-18-16-6-4-14(12-20-16)15-5-7-17-19-9-11-22(17)13-15/h4-7,9,11-13H,3,8,10H2,1-2H3,(H,18,20). The number of anilines is 1. The van der Waals surface area contributed by atoms with Crippen molar-refractivity contribution in [1.29, 1.82) is 0 Å². The maximum absolute atomic E-state index is 4.49. The Labute approximate surface area is 130 Å². The summed E-state index contributed by atoms with van der Waals surface area (Å²) in [5, 5.41) is 3.35. The molecule has 0 radical (unpaired) electrons. The van der Waals surface area contributed by atoms with E-state index in [0.717, 1.165) is 42.1 Å². The molecular weight excluding hydrogens is 274 g/mol. The van der Waals surface area contributed by atoms with Crippen LogP contribution in [0.2, 0.25) is 0 Å². The second-order valence-electron chi connectivity index (χ2n) is 5.63. The second-order valence-corrected chi connectivity index (χ2v) is 5.63. The van der Waals surface area contributed by atoms with Gasteiger partial charge in [0.25, 0.3) is 0 Å². The Morgan fingerprint density at radius 1 is 1.09 bits per heavy atom. The third kappa shape index (κ3) is 3.43. The Bertz CT molecular complexity index is 730. The lowest BCUT2D eigenvalue weighted by molar-refractivity contribution is 0.405. The summed E-state index contributed by atoms with van der Waals surface area (Å²) in [6.45, 7) is 2.02. The van der Waals surface area contributed by atoms with E-state index in [2.05, 4.69) is 52.6 Å². The zero-order chi connectivity index (χ0) is 15.4. The molecule has 22 heavy (non-hydrogen) atoms. The lowest BCUT2D eigenvalue weighted by atomic mass is 10.1. The van der Waals surface area contributed by atoms with Crippen molar-refractivity contribution in [3.8, 4) is 11.1 Å². The van der Waals surface area contributed by atoms with Crippen LogP contribution >= 0.6 is 0 Å². The third-order valence-corrected chi connectivity index (χ3v) is 3.57. The number of rotatable bonds is 6. The molecule has 1 N–H and O–H groups in total. The summed E-state index contributed by atoms with van der Waals surface area (Å²) < 4.78 is 2.02. The van der Waals surface area contributed by atoms with Crippen LogP contribution in [-0.4, -0.2) is 46.5 Å². The Hall–Kier alpha value is -2.40. The quantitative estimate of drug-likeness (QED) is 0.710. The Balaban J connectivity index is 1.65. The minimum Gasteiger partial charge on any atom is -0.370 e. The fourth-order valence-electron chi connectivity index (χ4n) is 2.37. The van der Waals surface area contributed by atoms with Gasteiger partial charge < -0.3 is 14.6 Å². The smallest absolute Gasteiger partial charge is 0.136 e. The van der Waals surface area contributed by atoms with Gasteiger partial charge in [-0.15, -0.1) is 0 Å². The van der Waals surface area contributed by atoms with Crippen molar-refractivity contribution in [3.05, 3.63) is 49.1 Å². The number of nitrogens with zero attached hydrogens (tertiary/aromatic N) is 4. The summed E-state index contributed by atoms with van der Waals surface area (Å²) in [5.74, 6) is 0.922. The zero-order valence-electron chi connectivity index (χ0n) is 13.0. The molecule has 0 spiro atoms. The number of pyridine rings is 2. The molecular formula is C17H21N5. The summed E-state index contributed by atoms with van der Waals surface area (Å²) in [6.07, 6.45) is 8.84. The third-order valence-electron chi connectivity index (χ3n) is 3.57. The largest absolute Gasteiger partial charge is 0.370 e. The molecule has 0 saturated carbocycles. The first-order chi connectivity index (χ1) is 10.7. The van der Waals surface area contributed by atoms with Crippen LogP contribution < -0.4 is 5.32 Å². The first kappa shape index (κ1) is 14.5. The van der Waals surface area contributed by atoms with Gasteiger partial charge in [-0.25, -0.2) is 9.97 Å². The number of aromatic nitrogens is 3. The number of hydrogen-bond donors (Lipinski definition) is 1. The highest BCUT2D eigenvalue weighted by Crippen LogP contribution is 2.20. The van der Waals surface area contributed by atoms with Crippen LogP contribution in [0.5, 0.6) is 0 Å². The molecule has 0 aliphatic rings. The predicted octanol–water partition coefficient (Wildman–Crippen LogP) is 2.76. The van der Waals surface area contributed by atoms with Gasteiger partial charge in [0.15, 0.2) is 0 Å². The van der Waals surface area contributed by atoms with E-state index in [4.69, 9.17) is 0 Å². The molecule has 114 valence electrons. The van der Waals surface area contributed by atoms with E-state index in [-0.39, 0.29) is 0 Å². The molecule has 0 aliphatic heterocycles. The van der Waals surface area contributed by atoms with Crippen LogP contribution in [0.15, 0.2) is 49.1 Å². The van der Waals surface area contributed by atoms with E-state index in [1.165, 1.54) is 0 Å². The van der Waals surface area contributed by atoms with Crippen LogP contribution in [0.3, 0.4) is 0 Å². The van der Waals surface area contributed by atoms with Crippen LogP contribution in [-0.2, 0) is 0 Å². The monoisotopic (exact) mass is 295 g/mol. The molecule has 3 heterocycles. The maximum Gasteiger partial charge on any atom is 0.136 e. The van der Waals surface area contributed by atoms with Crippen LogP contribution in [0.4, 0.5) is 5.82 Å². The van der Waals surface area contributed by atoms with Crippen molar-refractivity contribution in [3.63, 3.8) is 0 Å². The summed E-state index contributed by atoms with van der Waals surface area (Å²) in [7, 11) is 4.17. The number of hydrogen-bond acceptors (Lipinski definition) is 4. The molecule has 0 amide bonds. The van der Waals surface area contributed by atoms with Gasteiger partial charge in [0.05, 0.1) is 0 Å². The van der Waals surface area contributed by atoms with Gasteiger partial charge in [-0.3, -0.25) is 0 Å². The van der Waals surface area contributed by atoms with Crippen molar-refractivity contribution >= 4 is 11.5 Å². The van der Waals surface area contributed by atoms with Gasteiger partial charge >= 0.3 is 0 Å². The molecule has 0 fully saturated rings. The second kappa shape index (κ2) is 6.58. The van der Waals surface area contributed by atoms with Crippen molar-refractivity contribution in [2.24, 2.45) is 0 Å². The van der Waals surface area contributed by atoms with E-state index in [9.17, 15) is 0 Å². The topological polar surface area (TPSA) is 45.5 Å². The van der Waals surface area contributed by atoms with Gasteiger partial charge in [0.1, 0.15) is 11.5 Å². The lowest BCUT2D eigenvalue weighted by Crippen LogP contribution is -2.16. The molecule has 3 aromatic heterocycles. The SMILES string of the molecule is CN(C)CCCNc1ccc(-c2ccc3nccn3c2)cn1. The highest BCUT2D eigenvalue weighted by atomic mass is 15.1. The Kier molecular flexibility index (Phi) is 4.34. The number of nitrogens with one attached hydrogen (secondary N) is 1. The number of fused-ring (bicyclic) bond motifs is 1. The van der Waals surface area contributed by atoms with Crippen LogP contribution in [0.1, 0.15) is 6.42 Å². The van der Waals surface area contributed by atoms with Gasteiger partial charge in [0.2, 0.25) is 0 Å². The molecule has 0 saturated heterocycles.